The van der Waals surface area contributed by atoms with E-state index in [0.717, 1.165) is 0 Å². The van der Waals surface area contributed by atoms with Crippen LogP contribution >= 0.6 is 11.6 Å². The first-order chi connectivity index (χ1) is 5.13. The van der Waals surface area contributed by atoms with E-state index in [0.29, 0.717) is 0 Å². The zero-order valence-corrected chi connectivity index (χ0v) is 6.08. The first kappa shape index (κ1) is 7.74. The van der Waals surface area contributed by atoms with Crippen LogP contribution in [0.5, 0.6) is 0 Å². The lowest BCUT2D eigenvalue weighted by Gasteiger charge is -1.95. The number of nitrogens with two attached hydrogens (primary N) is 1. The van der Waals surface area contributed by atoms with Gasteiger partial charge in [0.1, 0.15) is 10.7 Å². The summed E-state index contributed by atoms with van der Waals surface area (Å²) in [4.78, 5) is 13.2. The largest absolute Gasteiger partial charge is 0.392 e. The summed E-state index contributed by atoms with van der Waals surface area (Å²) in [5.74, 6) is 0. The number of halogens is 1. The smallest absolute Gasteiger partial charge is 0.313 e. The predicted molar refractivity (Wildman–Crippen MR) is 40.3 cm³/mol. The molecule has 0 aliphatic carbocycles. The molecule has 1 heterocycles. The molecule has 0 saturated carbocycles. The fourth-order valence-electron chi connectivity index (χ4n) is 0.636. The highest BCUT2D eigenvalue weighted by Gasteiger charge is 2.15. The molecular formula is C5H4ClN3O2. The summed E-state index contributed by atoms with van der Waals surface area (Å²) in [6.07, 6.45) is 2.36. The third kappa shape index (κ3) is 1.38. The van der Waals surface area contributed by atoms with Crippen molar-refractivity contribution in [3.05, 3.63) is 27.5 Å². The van der Waals surface area contributed by atoms with Crippen LogP contribution in [0.3, 0.4) is 0 Å². The molecule has 6 heteroatoms. The fraction of sp³-hybridized carbons (Fsp3) is 0. The predicted octanol–water partition coefficient (Wildman–Crippen LogP) is 1.23. The lowest BCUT2D eigenvalue weighted by Crippen LogP contribution is -1.96. The third-order valence-electron chi connectivity index (χ3n) is 1.08. The minimum atomic E-state index is -0.640. The minimum absolute atomic E-state index is 0.0255. The molecule has 1 aromatic heterocycles. The molecule has 11 heavy (non-hydrogen) atoms. The molecule has 0 atom stereocenters. The molecular weight excluding hydrogens is 170 g/mol. The average molecular weight is 174 g/mol. The Morgan fingerprint density at radius 3 is 2.64 bits per heavy atom. The maximum atomic E-state index is 10.3. The van der Waals surface area contributed by atoms with Crippen molar-refractivity contribution in [3.8, 4) is 0 Å². The standard InChI is InChI=1S/C5H4ClN3O2/c6-3-1-8-2-4(7)5(3)9(10)11/h1-2H,7H2. The molecule has 0 aliphatic heterocycles. The zero-order valence-electron chi connectivity index (χ0n) is 5.32. The number of hydrogen-bond donors (Lipinski definition) is 1. The average Bonchev–Trinajstić information content (AvgIpc) is 1.85. The summed E-state index contributed by atoms with van der Waals surface area (Å²) in [5, 5.41) is 10.2. The van der Waals surface area contributed by atoms with Crippen LogP contribution in [0, 0.1) is 10.1 Å². The molecule has 0 radical (unpaired) electrons. The molecule has 0 amide bonds. The lowest BCUT2D eigenvalue weighted by atomic mass is 10.4. The lowest BCUT2D eigenvalue weighted by molar-refractivity contribution is -0.383. The molecule has 2 N–H and O–H groups in total. The van der Waals surface area contributed by atoms with Crippen molar-refractivity contribution in [2.24, 2.45) is 0 Å². The van der Waals surface area contributed by atoms with Crippen molar-refractivity contribution in [2.45, 2.75) is 0 Å². The summed E-state index contributed by atoms with van der Waals surface area (Å²) < 4.78 is 0. The van der Waals surface area contributed by atoms with Gasteiger partial charge in [-0.15, -0.1) is 0 Å². The number of anilines is 1. The molecule has 0 aromatic carbocycles. The second-order valence-corrected chi connectivity index (χ2v) is 2.22. The van der Waals surface area contributed by atoms with Crippen LogP contribution in [0.4, 0.5) is 11.4 Å². The Kier molecular flexibility index (Phi) is 1.91. The summed E-state index contributed by atoms with van der Waals surface area (Å²) in [5.41, 5.74) is 4.92. The summed E-state index contributed by atoms with van der Waals surface area (Å²) >= 11 is 5.44. The first-order valence-electron chi connectivity index (χ1n) is 2.66. The highest BCUT2D eigenvalue weighted by molar-refractivity contribution is 6.33. The molecule has 0 unspecified atom stereocenters. The number of hydrogen-bond acceptors (Lipinski definition) is 4. The van der Waals surface area contributed by atoms with E-state index in [4.69, 9.17) is 17.3 Å². The van der Waals surface area contributed by atoms with Crippen molar-refractivity contribution in [1.29, 1.82) is 0 Å². The monoisotopic (exact) mass is 173 g/mol. The van der Waals surface area contributed by atoms with Gasteiger partial charge in [0, 0.05) is 0 Å². The Morgan fingerprint density at radius 2 is 2.27 bits per heavy atom. The van der Waals surface area contributed by atoms with Crippen LogP contribution < -0.4 is 5.73 Å². The van der Waals surface area contributed by atoms with Gasteiger partial charge in [-0.05, 0) is 0 Å². The van der Waals surface area contributed by atoms with Crippen molar-refractivity contribution in [3.63, 3.8) is 0 Å². The molecule has 58 valence electrons. The Balaban J connectivity index is 3.32. The molecule has 1 aromatic rings. The van der Waals surface area contributed by atoms with Gasteiger partial charge in [-0.1, -0.05) is 11.6 Å². The zero-order chi connectivity index (χ0) is 8.43. The highest BCUT2D eigenvalue weighted by atomic mass is 35.5. The van der Waals surface area contributed by atoms with Crippen LogP contribution in [-0.4, -0.2) is 9.91 Å². The van der Waals surface area contributed by atoms with Crippen LogP contribution in [-0.2, 0) is 0 Å². The summed E-state index contributed by atoms with van der Waals surface area (Å²) in [6, 6.07) is 0. The Morgan fingerprint density at radius 1 is 1.64 bits per heavy atom. The number of nitro groups is 1. The maximum absolute atomic E-state index is 10.3. The van der Waals surface area contributed by atoms with Crippen LogP contribution in [0.2, 0.25) is 5.02 Å². The van der Waals surface area contributed by atoms with Crippen molar-refractivity contribution in [2.75, 3.05) is 5.73 Å². The van der Waals surface area contributed by atoms with Gasteiger partial charge in [-0.2, -0.15) is 0 Å². The normalized spacial score (nSPS) is 9.55. The molecule has 0 fully saturated rings. The molecule has 1 rings (SSSR count). The van der Waals surface area contributed by atoms with Gasteiger partial charge >= 0.3 is 5.69 Å². The topological polar surface area (TPSA) is 82.0 Å². The van der Waals surface area contributed by atoms with E-state index in [1.54, 1.807) is 0 Å². The van der Waals surface area contributed by atoms with Gasteiger partial charge in [0.15, 0.2) is 0 Å². The maximum Gasteiger partial charge on any atom is 0.313 e. The fourth-order valence-corrected chi connectivity index (χ4v) is 0.870. The van der Waals surface area contributed by atoms with Gasteiger partial charge in [0.05, 0.1) is 17.3 Å². The molecule has 0 aliphatic rings. The van der Waals surface area contributed by atoms with Crippen LogP contribution in [0.15, 0.2) is 12.4 Å². The summed E-state index contributed by atoms with van der Waals surface area (Å²) in [6.45, 7) is 0. The van der Waals surface area contributed by atoms with E-state index in [1.807, 2.05) is 0 Å². The molecule has 0 bridgehead atoms. The van der Waals surface area contributed by atoms with Gasteiger partial charge in [-0.25, -0.2) is 0 Å². The molecule has 5 nitrogen and oxygen atoms in total. The van der Waals surface area contributed by atoms with Crippen molar-refractivity contribution >= 4 is 23.0 Å². The second-order valence-electron chi connectivity index (χ2n) is 1.82. The van der Waals surface area contributed by atoms with E-state index in [2.05, 4.69) is 4.98 Å². The van der Waals surface area contributed by atoms with Crippen LogP contribution in [0.1, 0.15) is 0 Å². The highest BCUT2D eigenvalue weighted by Crippen LogP contribution is 2.28. The van der Waals surface area contributed by atoms with Gasteiger partial charge < -0.3 is 5.73 Å². The van der Waals surface area contributed by atoms with Crippen molar-refractivity contribution < 1.29 is 4.92 Å². The first-order valence-corrected chi connectivity index (χ1v) is 3.04. The van der Waals surface area contributed by atoms with E-state index >= 15 is 0 Å². The van der Waals surface area contributed by atoms with Crippen LogP contribution in [0.25, 0.3) is 0 Å². The number of nitrogens with zero attached hydrogens (tertiary/aromatic N) is 2. The number of rotatable bonds is 1. The van der Waals surface area contributed by atoms with Gasteiger partial charge in [0.25, 0.3) is 0 Å². The molecule has 0 saturated heterocycles. The Hall–Kier alpha value is -1.36. The SMILES string of the molecule is Nc1cncc(Cl)c1[N+](=O)[O-]. The number of nitrogen functional groups attached to an aromatic ring is 1. The Labute approximate surface area is 66.9 Å². The van der Waals surface area contributed by atoms with Gasteiger partial charge in [-0.3, -0.25) is 15.1 Å². The van der Waals surface area contributed by atoms with Crippen molar-refractivity contribution in [1.82, 2.24) is 4.98 Å². The molecule has 0 spiro atoms. The van der Waals surface area contributed by atoms with E-state index in [9.17, 15) is 10.1 Å². The van der Waals surface area contributed by atoms with Gasteiger partial charge in [0.2, 0.25) is 0 Å². The number of aromatic nitrogens is 1. The van der Waals surface area contributed by atoms with E-state index < -0.39 is 4.92 Å². The Bertz CT molecular complexity index is 282. The third-order valence-corrected chi connectivity index (χ3v) is 1.36. The second kappa shape index (κ2) is 2.71. The van der Waals surface area contributed by atoms with E-state index in [-0.39, 0.29) is 16.4 Å². The summed E-state index contributed by atoms with van der Waals surface area (Å²) in [7, 11) is 0. The van der Waals surface area contributed by atoms with E-state index in [1.165, 1.54) is 12.4 Å². The quantitative estimate of drug-likeness (QED) is 0.511. The number of pyridine rings is 1. The minimum Gasteiger partial charge on any atom is -0.392 e.